The number of para-hydroxylation sites is 1. The molecule has 0 radical (unpaired) electrons. The molecule has 2 amide bonds. The van der Waals surface area contributed by atoms with Crippen molar-refractivity contribution in [2.24, 2.45) is 0 Å². The van der Waals surface area contributed by atoms with Gasteiger partial charge in [-0.25, -0.2) is 4.98 Å². The Morgan fingerprint density at radius 3 is 2.43 bits per heavy atom. The highest BCUT2D eigenvalue weighted by Crippen LogP contribution is 2.28. The van der Waals surface area contributed by atoms with Crippen molar-refractivity contribution < 1.29 is 9.59 Å². The Labute approximate surface area is 168 Å². The van der Waals surface area contributed by atoms with E-state index in [0.29, 0.717) is 17.4 Å². The minimum Gasteiger partial charge on any atom is -0.352 e. The van der Waals surface area contributed by atoms with E-state index in [1.807, 2.05) is 66.0 Å². The van der Waals surface area contributed by atoms with Crippen LogP contribution in [0.3, 0.4) is 0 Å². The third-order valence-electron chi connectivity index (χ3n) is 3.99. The number of carbonyl (C=O) groups is 2. The predicted molar refractivity (Wildman–Crippen MR) is 114 cm³/mol. The van der Waals surface area contributed by atoms with E-state index >= 15 is 0 Å². The third kappa shape index (κ3) is 5.37. The first-order valence-electron chi connectivity index (χ1n) is 8.94. The zero-order chi connectivity index (χ0) is 19.8. The molecule has 0 atom stereocenters. The van der Waals surface area contributed by atoms with Crippen LogP contribution in [0.4, 0.5) is 10.8 Å². The Morgan fingerprint density at radius 2 is 1.75 bits per heavy atom. The Hall–Kier alpha value is -3.25. The number of benzene rings is 2. The van der Waals surface area contributed by atoms with E-state index in [9.17, 15) is 9.59 Å². The SMILES string of the molecule is CC(=O)N(c1ccccc1)c1nc(C=CC(=O)NCCc2ccccc2)cs1. The smallest absolute Gasteiger partial charge is 0.244 e. The lowest BCUT2D eigenvalue weighted by Gasteiger charge is -2.17. The van der Waals surface area contributed by atoms with Crippen molar-refractivity contribution in [3.63, 3.8) is 0 Å². The van der Waals surface area contributed by atoms with Crippen molar-refractivity contribution in [2.75, 3.05) is 11.4 Å². The predicted octanol–water partition coefficient (Wildman–Crippen LogP) is 4.20. The largest absolute Gasteiger partial charge is 0.352 e. The zero-order valence-corrected chi connectivity index (χ0v) is 16.4. The topological polar surface area (TPSA) is 62.3 Å². The lowest BCUT2D eigenvalue weighted by atomic mass is 10.1. The summed E-state index contributed by atoms with van der Waals surface area (Å²) in [4.78, 5) is 30.1. The van der Waals surface area contributed by atoms with E-state index in [1.54, 1.807) is 11.0 Å². The second-order valence-corrected chi connectivity index (χ2v) is 6.94. The molecule has 1 N–H and O–H groups in total. The summed E-state index contributed by atoms with van der Waals surface area (Å²) in [6, 6.07) is 19.4. The standard InChI is InChI=1S/C22H21N3O2S/c1-17(26)25(20-10-6-3-7-11-20)22-24-19(16-28-22)12-13-21(27)23-15-14-18-8-4-2-5-9-18/h2-13,16H,14-15H2,1H3,(H,23,27). The highest BCUT2D eigenvalue weighted by molar-refractivity contribution is 7.14. The van der Waals surface area contributed by atoms with E-state index < -0.39 is 0 Å². The molecule has 0 spiro atoms. The van der Waals surface area contributed by atoms with Gasteiger partial charge < -0.3 is 5.32 Å². The molecule has 0 saturated heterocycles. The molecular weight excluding hydrogens is 370 g/mol. The quantitative estimate of drug-likeness (QED) is 0.614. The van der Waals surface area contributed by atoms with Gasteiger partial charge >= 0.3 is 0 Å². The monoisotopic (exact) mass is 391 g/mol. The van der Waals surface area contributed by atoms with Crippen LogP contribution in [0.1, 0.15) is 18.2 Å². The van der Waals surface area contributed by atoms with E-state index in [1.165, 1.54) is 29.9 Å². The molecule has 28 heavy (non-hydrogen) atoms. The maximum atomic E-state index is 12.1. The van der Waals surface area contributed by atoms with Crippen LogP contribution in [-0.4, -0.2) is 23.3 Å². The number of nitrogens with one attached hydrogen (secondary N) is 1. The molecule has 6 heteroatoms. The number of thiazole rings is 1. The summed E-state index contributed by atoms with van der Waals surface area (Å²) in [5.41, 5.74) is 2.58. The maximum Gasteiger partial charge on any atom is 0.244 e. The molecule has 142 valence electrons. The molecule has 0 saturated carbocycles. The number of aromatic nitrogens is 1. The highest BCUT2D eigenvalue weighted by atomic mass is 32.1. The number of anilines is 2. The van der Waals surface area contributed by atoms with Crippen LogP contribution in [0.25, 0.3) is 6.08 Å². The first-order chi connectivity index (χ1) is 13.6. The Bertz CT molecular complexity index is 952. The van der Waals surface area contributed by atoms with Gasteiger partial charge in [0.25, 0.3) is 0 Å². The molecule has 0 aliphatic rings. The first-order valence-corrected chi connectivity index (χ1v) is 9.82. The van der Waals surface area contributed by atoms with Crippen molar-refractivity contribution in [2.45, 2.75) is 13.3 Å². The molecule has 0 fully saturated rings. The molecule has 0 unspecified atom stereocenters. The minimum atomic E-state index is -0.169. The number of rotatable bonds is 7. The Kier molecular flexibility index (Phi) is 6.70. The molecule has 1 aromatic heterocycles. The molecule has 0 bridgehead atoms. The number of nitrogens with zero attached hydrogens (tertiary/aromatic N) is 2. The van der Waals surface area contributed by atoms with Gasteiger partial charge in [0.05, 0.1) is 11.4 Å². The van der Waals surface area contributed by atoms with Gasteiger partial charge in [0.1, 0.15) is 0 Å². The fourth-order valence-electron chi connectivity index (χ4n) is 2.65. The van der Waals surface area contributed by atoms with Gasteiger partial charge in [-0.15, -0.1) is 11.3 Å². The lowest BCUT2D eigenvalue weighted by molar-refractivity contribution is -0.117. The Morgan fingerprint density at radius 1 is 1.07 bits per heavy atom. The van der Waals surface area contributed by atoms with Crippen LogP contribution in [0.5, 0.6) is 0 Å². The van der Waals surface area contributed by atoms with Crippen LogP contribution in [0.2, 0.25) is 0 Å². The first kappa shape index (κ1) is 19.5. The van der Waals surface area contributed by atoms with Crippen molar-refractivity contribution in [1.82, 2.24) is 10.3 Å². The maximum absolute atomic E-state index is 12.1. The van der Waals surface area contributed by atoms with E-state index in [2.05, 4.69) is 10.3 Å². The molecule has 1 heterocycles. The average Bonchev–Trinajstić information content (AvgIpc) is 3.16. The summed E-state index contributed by atoms with van der Waals surface area (Å²) in [5.74, 6) is -0.285. The van der Waals surface area contributed by atoms with Gasteiger partial charge in [0.15, 0.2) is 5.13 Å². The zero-order valence-electron chi connectivity index (χ0n) is 15.5. The molecule has 0 aliphatic carbocycles. The molecule has 2 aromatic carbocycles. The van der Waals surface area contributed by atoms with Crippen molar-refractivity contribution in [3.05, 3.63) is 83.4 Å². The second kappa shape index (κ2) is 9.62. The number of carbonyl (C=O) groups excluding carboxylic acids is 2. The normalized spacial score (nSPS) is 10.8. The number of amides is 2. The molecule has 0 aliphatic heterocycles. The summed E-state index contributed by atoms with van der Waals surface area (Å²) in [6.07, 6.45) is 3.90. The van der Waals surface area contributed by atoms with Crippen LogP contribution in [-0.2, 0) is 16.0 Å². The van der Waals surface area contributed by atoms with E-state index in [4.69, 9.17) is 0 Å². The number of hydrogen-bond donors (Lipinski definition) is 1. The fraction of sp³-hybridized carbons (Fsp3) is 0.136. The molecule has 3 aromatic rings. The van der Waals surface area contributed by atoms with E-state index in [0.717, 1.165) is 12.1 Å². The van der Waals surface area contributed by atoms with E-state index in [-0.39, 0.29) is 11.8 Å². The van der Waals surface area contributed by atoms with Gasteiger partial charge in [-0.05, 0) is 30.2 Å². The minimum absolute atomic E-state index is 0.116. The Balaban J connectivity index is 1.58. The summed E-state index contributed by atoms with van der Waals surface area (Å²) in [6.45, 7) is 2.08. The van der Waals surface area contributed by atoms with Gasteiger partial charge in [0.2, 0.25) is 11.8 Å². The summed E-state index contributed by atoms with van der Waals surface area (Å²) in [7, 11) is 0. The summed E-state index contributed by atoms with van der Waals surface area (Å²) < 4.78 is 0. The van der Waals surface area contributed by atoms with Gasteiger partial charge in [-0.2, -0.15) is 0 Å². The second-order valence-electron chi connectivity index (χ2n) is 6.10. The van der Waals surface area contributed by atoms with Crippen molar-refractivity contribution in [3.8, 4) is 0 Å². The lowest BCUT2D eigenvalue weighted by Crippen LogP contribution is -2.23. The van der Waals surface area contributed by atoms with Gasteiger partial charge in [-0.1, -0.05) is 48.5 Å². The van der Waals surface area contributed by atoms with Crippen LogP contribution < -0.4 is 10.2 Å². The molecule has 5 nitrogen and oxygen atoms in total. The highest BCUT2D eigenvalue weighted by Gasteiger charge is 2.17. The summed E-state index contributed by atoms with van der Waals surface area (Å²) in [5, 5.41) is 5.25. The van der Waals surface area contributed by atoms with Crippen LogP contribution >= 0.6 is 11.3 Å². The molecule has 3 rings (SSSR count). The van der Waals surface area contributed by atoms with Gasteiger partial charge in [0, 0.05) is 24.9 Å². The van der Waals surface area contributed by atoms with Crippen LogP contribution in [0.15, 0.2) is 72.1 Å². The van der Waals surface area contributed by atoms with Crippen molar-refractivity contribution in [1.29, 1.82) is 0 Å². The van der Waals surface area contributed by atoms with Crippen LogP contribution in [0, 0.1) is 0 Å². The fourth-order valence-corrected chi connectivity index (χ4v) is 3.51. The van der Waals surface area contributed by atoms with Crippen molar-refractivity contribution >= 4 is 40.0 Å². The third-order valence-corrected chi connectivity index (χ3v) is 4.84. The number of hydrogen-bond acceptors (Lipinski definition) is 4. The summed E-state index contributed by atoms with van der Waals surface area (Å²) >= 11 is 1.36. The average molecular weight is 391 g/mol. The van der Waals surface area contributed by atoms with Gasteiger partial charge in [-0.3, -0.25) is 14.5 Å². The molecular formula is C22H21N3O2S.